The molecule has 0 aromatic carbocycles. The molecule has 7 nitrogen and oxygen atoms in total. The van der Waals surface area contributed by atoms with Gasteiger partial charge >= 0.3 is 0 Å². The minimum atomic E-state index is 0.156. The van der Waals surface area contributed by atoms with Crippen LogP contribution in [0.3, 0.4) is 0 Å². The van der Waals surface area contributed by atoms with Gasteiger partial charge in [0.15, 0.2) is 0 Å². The Hall–Kier alpha value is -1.67. The number of ether oxygens (including phenoxy) is 1. The first-order chi connectivity index (χ1) is 13.2. The zero-order valence-electron chi connectivity index (χ0n) is 16.3. The average molecular weight is 392 g/mol. The molecule has 4 rings (SSSR count). The summed E-state index contributed by atoms with van der Waals surface area (Å²) in [5, 5.41) is 5.75. The van der Waals surface area contributed by atoms with Gasteiger partial charge in [-0.2, -0.15) is 0 Å². The molecule has 0 bridgehead atoms. The summed E-state index contributed by atoms with van der Waals surface area (Å²) in [6, 6.07) is 0.369. The molecule has 0 saturated carbocycles. The molecule has 0 radical (unpaired) electrons. The van der Waals surface area contributed by atoms with Crippen LogP contribution in [0, 0.1) is 12.8 Å². The normalized spacial score (nSPS) is 22.4. The van der Waals surface area contributed by atoms with Crippen LogP contribution in [0.25, 0.3) is 4.96 Å². The van der Waals surface area contributed by atoms with Crippen molar-refractivity contribution in [2.24, 2.45) is 5.92 Å². The number of fused-ring (bicyclic) bond motifs is 1. The van der Waals surface area contributed by atoms with E-state index in [1.165, 1.54) is 12.8 Å². The number of rotatable bonds is 4. The van der Waals surface area contributed by atoms with Gasteiger partial charge in [-0.25, -0.2) is 9.50 Å². The quantitative estimate of drug-likeness (QED) is 0.802. The van der Waals surface area contributed by atoms with E-state index in [0.717, 1.165) is 61.1 Å². The third kappa shape index (κ3) is 3.96. The average Bonchev–Trinajstić information content (AvgIpc) is 3.09. The smallest absolute Gasteiger partial charge is 0.248 e. The highest BCUT2D eigenvalue weighted by Gasteiger charge is 2.34. The molecule has 2 aromatic rings. The number of aryl methyl sites for hydroxylation is 1. The van der Waals surface area contributed by atoms with Gasteiger partial charge in [0, 0.05) is 32.8 Å². The number of nitrogens with zero attached hydrogens (tertiary/aromatic N) is 5. The number of likely N-dealkylation sites (tertiary alicyclic amines) is 1. The molecule has 2 aliphatic heterocycles. The SMILES string of the molecule is COCC(=O)N1CCCCC[C@H]1C1CCN(c2nn3cc(C)nc3s2)CC1. The number of methoxy groups -OCH3 is 1. The summed E-state index contributed by atoms with van der Waals surface area (Å²) in [5.74, 6) is 0.731. The Kier molecular flexibility index (Phi) is 5.63. The van der Waals surface area contributed by atoms with Crippen molar-refractivity contribution in [1.82, 2.24) is 19.5 Å². The van der Waals surface area contributed by atoms with Crippen LogP contribution >= 0.6 is 11.3 Å². The van der Waals surface area contributed by atoms with E-state index in [1.54, 1.807) is 18.4 Å². The van der Waals surface area contributed by atoms with E-state index < -0.39 is 0 Å². The summed E-state index contributed by atoms with van der Waals surface area (Å²) in [5.41, 5.74) is 1.01. The summed E-state index contributed by atoms with van der Waals surface area (Å²) >= 11 is 1.66. The van der Waals surface area contributed by atoms with Crippen molar-refractivity contribution in [2.45, 2.75) is 51.5 Å². The first-order valence-electron chi connectivity index (χ1n) is 10.0. The number of imidazole rings is 1. The summed E-state index contributed by atoms with van der Waals surface area (Å²) in [6.45, 7) is 5.09. The highest BCUT2D eigenvalue weighted by molar-refractivity contribution is 7.20. The molecule has 1 atom stereocenters. The predicted octanol–water partition coefficient (Wildman–Crippen LogP) is 2.73. The van der Waals surface area contributed by atoms with Crippen LogP contribution in [0.15, 0.2) is 6.20 Å². The van der Waals surface area contributed by atoms with Crippen molar-refractivity contribution in [3.05, 3.63) is 11.9 Å². The molecule has 148 valence electrons. The number of anilines is 1. The molecular weight excluding hydrogens is 362 g/mol. The molecule has 2 aliphatic rings. The summed E-state index contributed by atoms with van der Waals surface area (Å²) < 4.78 is 7.01. The number of aromatic nitrogens is 3. The maximum atomic E-state index is 12.6. The Morgan fingerprint density at radius 3 is 2.78 bits per heavy atom. The lowest BCUT2D eigenvalue weighted by Crippen LogP contribution is -2.48. The van der Waals surface area contributed by atoms with Gasteiger partial charge in [0.05, 0.1) is 11.9 Å². The number of hydrogen-bond acceptors (Lipinski definition) is 6. The first-order valence-corrected chi connectivity index (χ1v) is 10.8. The predicted molar refractivity (Wildman–Crippen MR) is 106 cm³/mol. The maximum absolute atomic E-state index is 12.6. The fraction of sp³-hybridized carbons (Fsp3) is 0.737. The first kappa shape index (κ1) is 18.7. The van der Waals surface area contributed by atoms with Crippen molar-refractivity contribution in [2.75, 3.05) is 38.3 Å². The molecular formula is C19H29N5O2S. The number of carbonyl (C=O) groups is 1. The Morgan fingerprint density at radius 1 is 1.22 bits per heavy atom. The van der Waals surface area contributed by atoms with E-state index in [4.69, 9.17) is 9.84 Å². The van der Waals surface area contributed by atoms with E-state index in [9.17, 15) is 4.79 Å². The highest BCUT2D eigenvalue weighted by atomic mass is 32.1. The van der Waals surface area contributed by atoms with Crippen LogP contribution in [-0.4, -0.2) is 64.8 Å². The molecule has 2 aromatic heterocycles. The summed E-state index contributed by atoms with van der Waals surface area (Å²) in [4.78, 5) is 22.5. The second-order valence-electron chi connectivity index (χ2n) is 7.76. The van der Waals surface area contributed by atoms with Gasteiger partial charge in [0.25, 0.3) is 0 Å². The molecule has 0 aliphatic carbocycles. The van der Waals surface area contributed by atoms with Crippen molar-refractivity contribution < 1.29 is 9.53 Å². The van der Waals surface area contributed by atoms with Crippen molar-refractivity contribution >= 4 is 27.3 Å². The van der Waals surface area contributed by atoms with E-state index in [1.807, 2.05) is 17.6 Å². The number of hydrogen-bond donors (Lipinski definition) is 0. The van der Waals surface area contributed by atoms with Gasteiger partial charge < -0.3 is 14.5 Å². The molecule has 2 fully saturated rings. The second kappa shape index (κ2) is 8.14. The van der Waals surface area contributed by atoms with Gasteiger partial charge in [0.1, 0.15) is 6.61 Å². The standard InChI is InChI=1S/C19H29N5O2S/c1-14-12-24-18(20-14)27-19(21-24)22-10-7-15(8-11-22)16-6-4-3-5-9-23(16)17(25)13-26-2/h12,15-16H,3-11,13H2,1-2H3/t16-/m0/s1. The van der Waals surface area contributed by atoms with Crippen LogP contribution in [0.4, 0.5) is 5.13 Å². The van der Waals surface area contributed by atoms with Crippen LogP contribution in [-0.2, 0) is 9.53 Å². The largest absolute Gasteiger partial charge is 0.375 e. The van der Waals surface area contributed by atoms with Crippen LogP contribution in [0.1, 0.15) is 44.2 Å². The fourth-order valence-electron chi connectivity index (χ4n) is 4.54. The minimum Gasteiger partial charge on any atom is -0.375 e. The molecule has 2 saturated heterocycles. The van der Waals surface area contributed by atoms with E-state index in [2.05, 4.69) is 14.8 Å². The lowest BCUT2D eigenvalue weighted by atomic mass is 9.86. The Balaban J connectivity index is 1.41. The van der Waals surface area contributed by atoms with Crippen molar-refractivity contribution in [1.29, 1.82) is 0 Å². The lowest BCUT2D eigenvalue weighted by Gasteiger charge is -2.40. The highest BCUT2D eigenvalue weighted by Crippen LogP contribution is 2.33. The molecule has 0 spiro atoms. The maximum Gasteiger partial charge on any atom is 0.248 e. The van der Waals surface area contributed by atoms with Gasteiger partial charge in [-0.15, -0.1) is 5.10 Å². The van der Waals surface area contributed by atoms with Crippen molar-refractivity contribution in [3.63, 3.8) is 0 Å². The van der Waals surface area contributed by atoms with E-state index >= 15 is 0 Å². The minimum absolute atomic E-state index is 0.156. The van der Waals surface area contributed by atoms with Gasteiger partial charge in [-0.05, 0) is 38.5 Å². The second-order valence-corrected chi connectivity index (χ2v) is 8.69. The number of amides is 1. The Bertz CT molecular complexity index is 749. The van der Waals surface area contributed by atoms with Gasteiger partial charge in [-0.3, -0.25) is 4.79 Å². The van der Waals surface area contributed by atoms with Gasteiger partial charge in [-0.1, -0.05) is 24.2 Å². The van der Waals surface area contributed by atoms with Crippen molar-refractivity contribution in [3.8, 4) is 0 Å². The van der Waals surface area contributed by atoms with Gasteiger partial charge in [0.2, 0.25) is 16.0 Å². The molecule has 8 heteroatoms. The fourth-order valence-corrected chi connectivity index (χ4v) is 5.52. The summed E-state index contributed by atoms with van der Waals surface area (Å²) in [6.07, 6.45) is 8.90. The zero-order valence-corrected chi connectivity index (χ0v) is 17.1. The van der Waals surface area contributed by atoms with E-state index in [0.29, 0.717) is 12.0 Å². The molecule has 1 amide bonds. The molecule has 0 N–H and O–H groups in total. The Labute approximate surface area is 164 Å². The molecule has 0 unspecified atom stereocenters. The van der Waals surface area contributed by atoms with Crippen LogP contribution in [0.2, 0.25) is 0 Å². The monoisotopic (exact) mass is 391 g/mol. The van der Waals surface area contributed by atoms with E-state index in [-0.39, 0.29) is 12.5 Å². The van der Waals surface area contributed by atoms with Crippen LogP contribution < -0.4 is 4.90 Å². The van der Waals surface area contributed by atoms with Crippen LogP contribution in [0.5, 0.6) is 0 Å². The lowest BCUT2D eigenvalue weighted by molar-refractivity contribution is -0.138. The topological polar surface area (TPSA) is 63.0 Å². The molecule has 27 heavy (non-hydrogen) atoms. The number of carbonyl (C=O) groups excluding carboxylic acids is 1. The Morgan fingerprint density at radius 2 is 2.04 bits per heavy atom. The third-order valence-corrected chi connectivity index (χ3v) is 6.88. The zero-order chi connectivity index (χ0) is 18.8. The third-order valence-electron chi connectivity index (χ3n) is 5.89. The summed E-state index contributed by atoms with van der Waals surface area (Å²) in [7, 11) is 1.61. The number of piperidine rings is 1. The molecule has 4 heterocycles.